The van der Waals surface area contributed by atoms with Gasteiger partial charge in [-0.25, -0.2) is 4.79 Å². The number of carboxylic acid groups (broad SMARTS) is 1. The Morgan fingerprint density at radius 3 is 2.73 bits per heavy atom. The molecule has 118 valence electrons. The van der Waals surface area contributed by atoms with E-state index in [1.165, 1.54) is 4.90 Å². The van der Waals surface area contributed by atoms with Gasteiger partial charge in [-0.15, -0.1) is 0 Å². The lowest BCUT2D eigenvalue weighted by Crippen LogP contribution is -2.52. The van der Waals surface area contributed by atoms with E-state index in [2.05, 4.69) is 16.7 Å². The molecule has 5 nitrogen and oxygen atoms in total. The smallest absolute Gasteiger partial charge is 0.407 e. The lowest BCUT2D eigenvalue weighted by atomic mass is 10.2. The first kappa shape index (κ1) is 16.6. The second-order valence-electron chi connectivity index (χ2n) is 5.06. The molecule has 22 heavy (non-hydrogen) atoms. The number of hydrogen-bond donors (Lipinski definition) is 1. The molecule has 2 rings (SSSR count). The van der Waals surface area contributed by atoms with Crippen molar-refractivity contribution in [1.29, 1.82) is 0 Å². The van der Waals surface area contributed by atoms with Crippen LogP contribution in [0.1, 0.15) is 5.56 Å². The van der Waals surface area contributed by atoms with Gasteiger partial charge in [0.05, 0.1) is 12.6 Å². The standard InChI is InChI=1S/C16H19ClN2O3/c1-22-12-15(6-5-13-3-2-4-14(17)11-13)18-7-9-19(10-8-18)16(20)21/h2-4,11,15H,7-10,12H2,1H3,(H,20,21). The first-order valence-electron chi connectivity index (χ1n) is 7.08. The zero-order valence-corrected chi connectivity index (χ0v) is 13.2. The minimum Gasteiger partial charge on any atom is -0.465 e. The normalized spacial score (nSPS) is 16.7. The highest BCUT2D eigenvalue weighted by molar-refractivity contribution is 6.30. The first-order chi connectivity index (χ1) is 10.6. The number of carbonyl (C=O) groups is 1. The number of benzene rings is 1. The van der Waals surface area contributed by atoms with E-state index in [1.807, 2.05) is 24.3 Å². The molecule has 6 heteroatoms. The molecular formula is C16H19ClN2O3. The van der Waals surface area contributed by atoms with Crippen LogP contribution in [-0.2, 0) is 4.74 Å². The number of nitrogens with zero attached hydrogens (tertiary/aromatic N) is 2. The maximum atomic E-state index is 10.9. The minimum atomic E-state index is -0.868. The highest BCUT2D eigenvalue weighted by Gasteiger charge is 2.24. The van der Waals surface area contributed by atoms with Gasteiger partial charge in [-0.2, -0.15) is 0 Å². The molecule has 1 saturated heterocycles. The monoisotopic (exact) mass is 322 g/mol. The van der Waals surface area contributed by atoms with Gasteiger partial charge in [0.1, 0.15) is 0 Å². The molecule has 1 fully saturated rings. The molecule has 0 aromatic heterocycles. The van der Waals surface area contributed by atoms with Crippen molar-refractivity contribution in [1.82, 2.24) is 9.80 Å². The van der Waals surface area contributed by atoms with Crippen molar-refractivity contribution in [3.63, 3.8) is 0 Å². The molecule has 1 aliphatic rings. The van der Waals surface area contributed by atoms with E-state index in [-0.39, 0.29) is 6.04 Å². The molecule has 1 atom stereocenters. The van der Waals surface area contributed by atoms with Crippen LogP contribution in [0.5, 0.6) is 0 Å². The molecule has 0 spiro atoms. The van der Waals surface area contributed by atoms with Crippen molar-refractivity contribution in [2.24, 2.45) is 0 Å². The minimum absolute atomic E-state index is 0.0556. The fourth-order valence-electron chi connectivity index (χ4n) is 2.35. The summed E-state index contributed by atoms with van der Waals surface area (Å²) >= 11 is 5.95. The van der Waals surface area contributed by atoms with E-state index in [1.54, 1.807) is 7.11 Å². The molecule has 1 heterocycles. The average molecular weight is 323 g/mol. The zero-order chi connectivity index (χ0) is 15.9. The van der Waals surface area contributed by atoms with E-state index in [0.717, 1.165) is 5.56 Å². The maximum absolute atomic E-state index is 10.9. The van der Waals surface area contributed by atoms with Crippen LogP contribution in [0.25, 0.3) is 0 Å². The number of amides is 1. The van der Waals surface area contributed by atoms with Gasteiger partial charge < -0.3 is 14.7 Å². The fourth-order valence-corrected chi connectivity index (χ4v) is 2.54. The predicted octanol–water partition coefficient (Wildman–Crippen LogP) is 2.00. The molecule has 0 bridgehead atoms. The van der Waals surface area contributed by atoms with Crippen LogP contribution in [-0.4, -0.2) is 66.9 Å². The van der Waals surface area contributed by atoms with Crippen LogP contribution in [0.4, 0.5) is 4.79 Å². The van der Waals surface area contributed by atoms with Gasteiger partial charge in [0.15, 0.2) is 0 Å². The van der Waals surface area contributed by atoms with E-state index in [4.69, 9.17) is 21.4 Å². The quantitative estimate of drug-likeness (QED) is 0.865. The number of methoxy groups -OCH3 is 1. The Labute approximate surface area is 135 Å². The van der Waals surface area contributed by atoms with Gasteiger partial charge >= 0.3 is 6.09 Å². The van der Waals surface area contributed by atoms with Crippen molar-refractivity contribution in [3.05, 3.63) is 34.9 Å². The molecule has 1 aliphatic heterocycles. The van der Waals surface area contributed by atoms with Crippen molar-refractivity contribution >= 4 is 17.7 Å². The third kappa shape index (κ3) is 4.63. The molecule has 1 amide bonds. The van der Waals surface area contributed by atoms with Crippen LogP contribution < -0.4 is 0 Å². The van der Waals surface area contributed by atoms with Crippen LogP contribution in [0, 0.1) is 11.8 Å². The predicted molar refractivity (Wildman–Crippen MR) is 85.2 cm³/mol. The highest BCUT2D eigenvalue weighted by Crippen LogP contribution is 2.11. The Kier molecular flexibility index (Phi) is 6.08. The van der Waals surface area contributed by atoms with Crippen molar-refractivity contribution < 1.29 is 14.6 Å². The summed E-state index contributed by atoms with van der Waals surface area (Å²) in [5, 5.41) is 9.64. The second-order valence-corrected chi connectivity index (χ2v) is 5.49. The SMILES string of the molecule is COCC(C#Cc1cccc(Cl)c1)N1CCN(C(=O)O)CC1. The topological polar surface area (TPSA) is 53.0 Å². The molecule has 1 N–H and O–H groups in total. The molecule has 1 aromatic rings. The molecule has 0 aliphatic carbocycles. The van der Waals surface area contributed by atoms with Gasteiger partial charge in [-0.3, -0.25) is 4.90 Å². The van der Waals surface area contributed by atoms with Crippen molar-refractivity contribution in [2.75, 3.05) is 39.9 Å². The van der Waals surface area contributed by atoms with Crippen LogP contribution in [0.3, 0.4) is 0 Å². The Balaban J connectivity index is 2.03. The molecule has 0 radical (unpaired) electrons. The summed E-state index contributed by atoms with van der Waals surface area (Å²) in [6.45, 7) is 2.79. The number of ether oxygens (including phenoxy) is 1. The van der Waals surface area contributed by atoms with E-state index in [0.29, 0.717) is 37.8 Å². The molecular weight excluding hydrogens is 304 g/mol. The van der Waals surface area contributed by atoms with Gasteiger partial charge in [0.2, 0.25) is 0 Å². The third-order valence-electron chi connectivity index (χ3n) is 3.56. The maximum Gasteiger partial charge on any atom is 0.407 e. The van der Waals surface area contributed by atoms with Gasteiger partial charge in [0.25, 0.3) is 0 Å². The zero-order valence-electron chi connectivity index (χ0n) is 12.5. The Bertz CT molecular complexity index is 574. The number of halogens is 1. The summed E-state index contributed by atoms with van der Waals surface area (Å²) in [5.41, 5.74) is 0.859. The fraction of sp³-hybridized carbons (Fsp3) is 0.438. The number of hydrogen-bond acceptors (Lipinski definition) is 3. The van der Waals surface area contributed by atoms with Crippen LogP contribution in [0.15, 0.2) is 24.3 Å². The van der Waals surface area contributed by atoms with Gasteiger partial charge in [-0.1, -0.05) is 29.5 Å². The highest BCUT2D eigenvalue weighted by atomic mass is 35.5. The summed E-state index contributed by atoms with van der Waals surface area (Å²) < 4.78 is 5.24. The van der Waals surface area contributed by atoms with Gasteiger partial charge in [-0.05, 0) is 18.2 Å². The Hall–Kier alpha value is -1.74. The summed E-state index contributed by atoms with van der Waals surface area (Å²) in [5.74, 6) is 6.32. The van der Waals surface area contributed by atoms with Gasteiger partial charge in [0, 0.05) is 43.9 Å². The summed E-state index contributed by atoms with van der Waals surface area (Å²) in [6, 6.07) is 7.35. The number of piperazine rings is 1. The van der Waals surface area contributed by atoms with E-state index in [9.17, 15) is 4.79 Å². The number of rotatable bonds is 3. The summed E-state index contributed by atoms with van der Waals surface area (Å²) in [6.07, 6.45) is -0.868. The molecule has 0 saturated carbocycles. The Morgan fingerprint density at radius 1 is 1.41 bits per heavy atom. The Morgan fingerprint density at radius 2 is 2.14 bits per heavy atom. The third-order valence-corrected chi connectivity index (χ3v) is 3.79. The molecule has 1 aromatic carbocycles. The lowest BCUT2D eigenvalue weighted by Gasteiger charge is -2.35. The van der Waals surface area contributed by atoms with Crippen LogP contribution >= 0.6 is 11.6 Å². The lowest BCUT2D eigenvalue weighted by molar-refractivity contribution is 0.0689. The van der Waals surface area contributed by atoms with Crippen molar-refractivity contribution in [3.8, 4) is 11.8 Å². The summed E-state index contributed by atoms with van der Waals surface area (Å²) in [4.78, 5) is 14.5. The average Bonchev–Trinajstić information content (AvgIpc) is 2.51. The largest absolute Gasteiger partial charge is 0.465 e. The molecule has 1 unspecified atom stereocenters. The van der Waals surface area contributed by atoms with Crippen molar-refractivity contribution in [2.45, 2.75) is 6.04 Å². The van der Waals surface area contributed by atoms with E-state index >= 15 is 0 Å². The van der Waals surface area contributed by atoms with E-state index < -0.39 is 6.09 Å². The summed E-state index contributed by atoms with van der Waals surface area (Å²) in [7, 11) is 1.64. The second kappa shape index (κ2) is 8.04. The van der Waals surface area contributed by atoms with Crippen LogP contribution in [0.2, 0.25) is 5.02 Å². The first-order valence-corrected chi connectivity index (χ1v) is 7.46.